The molecule has 5 aliphatic rings. The monoisotopic (exact) mass is 261 g/mol. The summed E-state index contributed by atoms with van der Waals surface area (Å²) in [6.45, 7) is 0. The molecule has 3 heteroatoms. The van der Waals surface area contributed by atoms with Gasteiger partial charge in [-0.25, -0.2) is 10.3 Å². The Hall–Kier alpha value is -0.990. The second-order valence-corrected chi connectivity index (χ2v) is 7.31. The zero-order valence-corrected chi connectivity index (χ0v) is 11.5. The fourth-order valence-electron chi connectivity index (χ4n) is 5.34. The lowest BCUT2D eigenvalue weighted by Crippen LogP contribution is -2.51. The van der Waals surface area contributed by atoms with Gasteiger partial charge in [0.1, 0.15) is 0 Å². The van der Waals surface area contributed by atoms with Crippen molar-refractivity contribution in [1.29, 1.82) is 0 Å². The number of hydrogen-bond donors (Lipinski definition) is 1. The molecule has 5 rings (SSSR count). The van der Waals surface area contributed by atoms with E-state index in [-0.39, 0.29) is 11.4 Å². The van der Waals surface area contributed by atoms with Gasteiger partial charge in [0.15, 0.2) is 0 Å². The van der Waals surface area contributed by atoms with Crippen LogP contribution in [-0.4, -0.2) is 5.97 Å². The quantitative estimate of drug-likeness (QED) is 0.792. The van der Waals surface area contributed by atoms with Crippen LogP contribution in [0.25, 0.3) is 0 Å². The SMILES string of the molecule is O=C(ONC1=CCCC1)C12CC3CC(CC(C3)C1)C2. The van der Waals surface area contributed by atoms with Gasteiger partial charge in [-0.2, -0.15) is 0 Å². The highest BCUT2D eigenvalue weighted by Gasteiger charge is 2.55. The molecule has 0 aromatic carbocycles. The first-order valence-electron chi connectivity index (χ1n) is 7.90. The lowest BCUT2D eigenvalue weighted by atomic mass is 9.49. The zero-order valence-electron chi connectivity index (χ0n) is 11.5. The molecule has 4 fully saturated rings. The van der Waals surface area contributed by atoms with E-state index < -0.39 is 0 Å². The van der Waals surface area contributed by atoms with Crippen LogP contribution in [0, 0.1) is 23.2 Å². The highest BCUT2D eigenvalue weighted by atomic mass is 16.7. The van der Waals surface area contributed by atoms with Crippen LogP contribution in [0.2, 0.25) is 0 Å². The number of allylic oxidation sites excluding steroid dienone is 2. The van der Waals surface area contributed by atoms with Crippen molar-refractivity contribution in [2.24, 2.45) is 23.2 Å². The number of carbonyl (C=O) groups is 1. The first-order chi connectivity index (χ1) is 9.23. The van der Waals surface area contributed by atoms with Crippen molar-refractivity contribution >= 4 is 5.97 Å². The first-order valence-corrected chi connectivity index (χ1v) is 7.90. The molecule has 5 aliphatic carbocycles. The van der Waals surface area contributed by atoms with Crippen molar-refractivity contribution in [2.75, 3.05) is 0 Å². The fourth-order valence-corrected chi connectivity index (χ4v) is 5.34. The van der Waals surface area contributed by atoms with Gasteiger partial charge in [-0.3, -0.25) is 0 Å². The molecule has 104 valence electrons. The van der Waals surface area contributed by atoms with Gasteiger partial charge < -0.3 is 4.84 Å². The number of hydrogen-bond acceptors (Lipinski definition) is 3. The molecule has 0 atom stereocenters. The maximum atomic E-state index is 12.5. The summed E-state index contributed by atoms with van der Waals surface area (Å²) in [6.07, 6.45) is 12.8. The van der Waals surface area contributed by atoms with Crippen LogP contribution in [0.15, 0.2) is 11.8 Å². The van der Waals surface area contributed by atoms with Gasteiger partial charge in [-0.1, -0.05) is 6.08 Å². The van der Waals surface area contributed by atoms with E-state index in [1.807, 2.05) is 0 Å². The predicted octanol–water partition coefficient (Wildman–Crippen LogP) is 3.32. The topological polar surface area (TPSA) is 38.3 Å². The molecule has 1 N–H and O–H groups in total. The molecule has 0 saturated heterocycles. The summed E-state index contributed by atoms with van der Waals surface area (Å²) in [5.41, 5.74) is 3.88. The van der Waals surface area contributed by atoms with E-state index >= 15 is 0 Å². The van der Waals surface area contributed by atoms with Crippen LogP contribution < -0.4 is 5.48 Å². The summed E-state index contributed by atoms with van der Waals surface area (Å²) < 4.78 is 0. The van der Waals surface area contributed by atoms with E-state index in [1.54, 1.807) is 0 Å². The van der Waals surface area contributed by atoms with Crippen molar-refractivity contribution < 1.29 is 9.63 Å². The predicted molar refractivity (Wildman–Crippen MR) is 71.8 cm³/mol. The van der Waals surface area contributed by atoms with Crippen molar-refractivity contribution in [2.45, 2.75) is 57.8 Å². The van der Waals surface area contributed by atoms with Gasteiger partial charge in [0, 0.05) is 5.70 Å². The molecule has 3 nitrogen and oxygen atoms in total. The van der Waals surface area contributed by atoms with Crippen LogP contribution in [0.3, 0.4) is 0 Å². The highest BCUT2D eigenvalue weighted by molar-refractivity contribution is 5.77. The molecule has 19 heavy (non-hydrogen) atoms. The summed E-state index contributed by atoms with van der Waals surface area (Å²) in [5, 5.41) is 0. The minimum Gasteiger partial charge on any atom is -0.343 e. The number of rotatable bonds is 3. The number of carbonyl (C=O) groups excluding carboxylic acids is 1. The van der Waals surface area contributed by atoms with E-state index in [1.165, 1.54) is 25.7 Å². The Morgan fingerprint density at radius 1 is 1.16 bits per heavy atom. The smallest absolute Gasteiger partial charge is 0.338 e. The Balaban J connectivity index is 1.44. The van der Waals surface area contributed by atoms with Crippen molar-refractivity contribution in [1.82, 2.24) is 5.48 Å². The molecule has 0 spiro atoms. The Morgan fingerprint density at radius 2 is 1.79 bits per heavy atom. The summed E-state index contributed by atoms with van der Waals surface area (Å²) in [5.74, 6) is 2.41. The molecule has 0 heterocycles. The minimum atomic E-state index is -0.138. The fraction of sp³-hybridized carbons (Fsp3) is 0.812. The molecular weight excluding hydrogens is 238 g/mol. The molecule has 0 radical (unpaired) electrons. The molecule has 4 saturated carbocycles. The minimum absolute atomic E-state index is 0.0272. The lowest BCUT2D eigenvalue weighted by Gasteiger charge is -2.54. The molecule has 0 unspecified atom stereocenters. The normalized spacial score (nSPS) is 43.2. The maximum Gasteiger partial charge on any atom is 0.338 e. The molecule has 0 amide bonds. The summed E-state index contributed by atoms with van der Waals surface area (Å²) in [7, 11) is 0. The summed E-state index contributed by atoms with van der Waals surface area (Å²) in [4.78, 5) is 18.0. The van der Waals surface area contributed by atoms with E-state index in [4.69, 9.17) is 4.84 Å². The average molecular weight is 261 g/mol. The van der Waals surface area contributed by atoms with E-state index in [2.05, 4.69) is 11.6 Å². The summed E-state index contributed by atoms with van der Waals surface area (Å²) in [6, 6.07) is 0. The third-order valence-electron chi connectivity index (χ3n) is 5.79. The second kappa shape index (κ2) is 4.26. The third kappa shape index (κ3) is 1.98. The first kappa shape index (κ1) is 11.8. The van der Waals surface area contributed by atoms with Crippen molar-refractivity contribution in [3.8, 4) is 0 Å². The van der Waals surface area contributed by atoms with Crippen molar-refractivity contribution in [3.05, 3.63) is 11.8 Å². The van der Waals surface area contributed by atoms with E-state index in [9.17, 15) is 4.79 Å². The Bertz CT molecular complexity index is 391. The number of nitrogens with one attached hydrogen (secondary N) is 1. The van der Waals surface area contributed by atoms with Crippen LogP contribution in [0.4, 0.5) is 0 Å². The van der Waals surface area contributed by atoms with Crippen LogP contribution in [0.5, 0.6) is 0 Å². The van der Waals surface area contributed by atoms with Crippen LogP contribution >= 0.6 is 0 Å². The number of hydroxylamine groups is 1. The Morgan fingerprint density at radius 3 is 2.32 bits per heavy atom. The van der Waals surface area contributed by atoms with Crippen molar-refractivity contribution in [3.63, 3.8) is 0 Å². The average Bonchev–Trinajstić information content (AvgIpc) is 2.87. The van der Waals surface area contributed by atoms with Gasteiger partial charge in [0.25, 0.3) is 0 Å². The second-order valence-electron chi connectivity index (χ2n) is 7.31. The zero-order chi connectivity index (χ0) is 12.9. The van der Waals surface area contributed by atoms with Gasteiger partial charge in [-0.05, 0) is 75.5 Å². The largest absolute Gasteiger partial charge is 0.343 e. The maximum absolute atomic E-state index is 12.5. The van der Waals surface area contributed by atoms with Gasteiger partial charge in [0.2, 0.25) is 0 Å². The molecule has 4 bridgehead atoms. The van der Waals surface area contributed by atoms with Crippen LogP contribution in [0.1, 0.15) is 57.8 Å². The lowest BCUT2D eigenvalue weighted by molar-refractivity contribution is -0.177. The summed E-state index contributed by atoms with van der Waals surface area (Å²) >= 11 is 0. The van der Waals surface area contributed by atoms with Crippen LogP contribution in [-0.2, 0) is 9.63 Å². The van der Waals surface area contributed by atoms with Gasteiger partial charge in [0.05, 0.1) is 5.41 Å². The Kier molecular flexibility index (Phi) is 2.64. The van der Waals surface area contributed by atoms with E-state index in [0.717, 1.165) is 55.6 Å². The third-order valence-corrected chi connectivity index (χ3v) is 5.79. The molecular formula is C16H23NO2. The molecule has 0 aromatic heterocycles. The standard InChI is InChI=1S/C16H23NO2/c18-15(19-17-14-3-1-2-4-14)16-8-11-5-12(9-16)7-13(6-11)10-16/h3,11-13,17H,1-2,4-10H2. The molecule has 0 aliphatic heterocycles. The molecule has 0 aromatic rings. The van der Waals surface area contributed by atoms with E-state index in [0.29, 0.717) is 0 Å². The Labute approximate surface area is 114 Å². The van der Waals surface area contributed by atoms with Gasteiger partial charge in [-0.15, -0.1) is 0 Å². The van der Waals surface area contributed by atoms with Gasteiger partial charge >= 0.3 is 5.97 Å². The highest BCUT2D eigenvalue weighted by Crippen LogP contribution is 2.60.